The number of hydrogen-bond donors (Lipinski definition) is 1. The fraction of sp³-hybridized carbons (Fsp3) is 0.500. The summed E-state index contributed by atoms with van der Waals surface area (Å²) < 4.78 is 11.0. The predicted octanol–water partition coefficient (Wildman–Crippen LogP) is 3.65. The maximum absolute atomic E-state index is 13.1. The first-order valence-corrected chi connectivity index (χ1v) is 12.9. The van der Waals surface area contributed by atoms with Gasteiger partial charge in [0.05, 0.1) is 49.3 Å². The van der Waals surface area contributed by atoms with Gasteiger partial charge in [-0.2, -0.15) is 5.26 Å². The molecule has 1 aromatic heterocycles. The number of hydrogen-bond acceptors (Lipinski definition) is 8. The molecule has 0 spiro atoms. The zero-order valence-corrected chi connectivity index (χ0v) is 21.0. The zero-order chi connectivity index (χ0) is 25.1. The quantitative estimate of drug-likeness (QED) is 0.535. The number of carbonyl (C=O) groups excluding carboxylic acids is 1. The largest absolute Gasteiger partial charge is 0.496 e. The maximum atomic E-state index is 13.1. The molecule has 1 aliphatic carbocycles. The van der Waals surface area contributed by atoms with Gasteiger partial charge in [0.1, 0.15) is 17.4 Å². The molecule has 2 aliphatic heterocycles. The summed E-state index contributed by atoms with van der Waals surface area (Å²) in [5, 5.41) is 12.7. The first kappa shape index (κ1) is 24.4. The number of rotatable bonds is 9. The fourth-order valence-electron chi connectivity index (χ4n) is 5.34. The highest BCUT2D eigenvalue weighted by atomic mass is 16.5. The number of ketones is 1. The lowest BCUT2D eigenvalue weighted by atomic mass is 9.89. The number of fused-ring (bicyclic) bond motifs is 1. The van der Waals surface area contributed by atoms with Gasteiger partial charge in [-0.3, -0.25) is 9.69 Å². The zero-order valence-electron chi connectivity index (χ0n) is 21.0. The van der Waals surface area contributed by atoms with Crippen LogP contribution in [0.4, 0.5) is 5.82 Å². The Kier molecular flexibility index (Phi) is 7.30. The molecule has 5 rings (SSSR count). The number of aromatic nitrogens is 2. The summed E-state index contributed by atoms with van der Waals surface area (Å²) in [6.07, 6.45) is 5.70. The van der Waals surface area contributed by atoms with Crippen molar-refractivity contribution in [3.05, 3.63) is 52.5 Å². The van der Waals surface area contributed by atoms with Crippen LogP contribution in [0.2, 0.25) is 0 Å². The number of anilines is 1. The number of nitriles is 1. The second kappa shape index (κ2) is 10.8. The van der Waals surface area contributed by atoms with Crippen molar-refractivity contribution in [3.8, 4) is 11.8 Å². The molecular weight excluding hydrogens is 454 g/mol. The Morgan fingerprint density at radius 3 is 2.75 bits per heavy atom. The molecule has 2 fully saturated rings. The molecule has 0 atom stereocenters. The second-order valence-corrected chi connectivity index (χ2v) is 9.78. The number of ether oxygens (including phenoxy) is 2. The molecule has 0 bridgehead atoms. The van der Waals surface area contributed by atoms with E-state index in [-0.39, 0.29) is 5.78 Å². The third-order valence-electron chi connectivity index (χ3n) is 7.48. The van der Waals surface area contributed by atoms with Crippen LogP contribution in [0.1, 0.15) is 59.2 Å². The minimum absolute atomic E-state index is 0.170. The van der Waals surface area contributed by atoms with Crippen LogP contribution in [0.3, 0.4) is 0 Å². The average Bonchev–Trinajstić information content (AvgIpc) is 3.28. The van der Waals surface area contributed by atoms with Crippen LogP contribution in [0, 0.1) is 17.2 Å². The van der Waals surface area contributed by atoms with Gasteiger partial charge in [0.2, 0.25) is 0 Å². The van der Waals surface area contributed by atoms with Crippen LogP contribution in [0.15, 0.2) is 24.3 Å². The van der Waals surface area contributed by atoms with E-state index in [9.17, 15) is 10.1 Å². The van der Waals surface area contributed by atoms with Gasteiger partial charge in [-0.15, -0.1) is 0 Å². The molecule has 3 aliphatic rings. The van der Waals surface area contributed by atoms with Crippen LogP contribution in [0.5, 0.6) is 5.75 Å². The van der Waals surface area contributed by atoms with E-state index in [2.05, 4.69) is 16.3 Å². The number of allylic oxidation sites excluding steroid dienone is 2. The van der Waals surface area contributed by atoms with Crippen LogP contribution in [0.25, 0.3) is 5.57 Å². The predicted molar refractivity (Wildman–Crippen MR) is 137 cm³/mol. The molecule has 0 radical (unpaired) electrons. The van der Waals surface area contributed by atoms with Gasteiger partial charge in [0, 0.05) is 36.9 Å². The van der Waals surface area contributed by atoms with E-state index in [4.69, 9.17) is 19.4 Å². The smallest absolute Gasteiger partial charge is 0.163 e. The molecule has 1 N–H and O–H groups in total. The first-order valence-electron chi connectivity index (χ1n) is 12.9. The Labute approximate surface area is 212 Å². The molecule has 0 saturated carbocycles. The van der Waals surface area contributed by atoms with E-state index in [1.165, 1.54) is 0 Å². The number of piperidine rings is 1. The van der Waals surface area contributed by atoms with Crippen molar-refractivity contribution in [1.29, 1.82) is 5.26 Å². The molecule has 0 unspecified atom stereocenters. The van der Waals surface area contributed by atoms with Crippen LogP contribution in [-0.2, 0) is 17.6 Å². The number of Topliss-reactive ketones (excluding diaryl/α,β-unsaturated/α-hetero) is 1. The third kappa shape index (κ3) is 4.99. The van der Waals surface area contributed by atoms with Gasteiger partial charge in [-0.25, -0.2) is 9.97 Å². The van der Waals surface area contributed by atoms with E-state index in [1.807, 2.05) is 31.2 Å². The number of nitrogens with one attached hydrogen (secondary N) is 1. The molecular formula is C28H33N5O3. The van der Waals surface area contributed by atoms with Crippen molar-refractivity contribution < 1.29 is 14.3 Å². The van der Waals surface area contributed by atoms with Crippen LogP contribution in [-0.4, -0.2) is 66.7 Å². The topological polar surface area (TPSA) is 100 Å². The summed E-state index contributed by atoms with van der Waals surface area (Å²) in [6, 6.07) is 8.53. The number of benzene rings is 1. The number of nitrogens with zero attached hydrogens (tertiary/aromatic N) is 4. The van der Waals surface area contributed by atoms with Gasteiger partial charge in [-0.05, 0) is 44.8 Å². The lowest BCUT2D eigenvalue weighted by molar-refractivity contribution is -0.0737. The molecule has 188 valence electrons. The van der Waals surface area contributed by atoms with Crippen molar-refractivity contribution in [3.63, 3.8) is 0 Å². The Bertz CT molecular complexity index is 1210. The highest BCUT2D eigenvalue weighted by molar-refractivity contribution is 5.96. The number of likely N-dealkylation sites (tertiary alicyclic amines) is 1. The van der Waals surface area contributed by atoms with Gasteiger partial charge >= 0.3 is 0 Å². The summed E-state index contributed by atoms with van der Waals surface area (Å²) in [7, 11) is 1.63. The average molecular weight is 488 g/mol. The Hall–Kier alpha value is -3.28. The Balaban J connectivity index is 1.27. The molecule has 36 heavy (non-hydrogen) atoms. The maximum Gasteiger partial charge on any atom is 0.163 e. The van der Waals surface area contributed by atoms with Crippen molar-refractivity contribution in [1.82, 2.24) is 14.9 Å². The van der Waals surface area contributed by atoms with Crippen molar-refractivity contribution in [2.45, 2.75) is 45.1 Å². The van der Waals surface area contributed by atoms with Gasteiger partial charge in [0.15, 0.2) is 5.78 Å². The standard InChI is InChI=1S/C28H33N5O3/c1-3-30-28-27-21(15-29)6-7-23(27)31-26(32-28)14-20-5-4-19(13-25(20)35-2)24(34)12-18-8-10-33(11-9-18)22-16-36-17-22/h4-6,13,18,22H,3,7-12,14,16-17H2,1-2H3,(H,30,31,32). The Morgan fingerprint density at radius 2 is 2.08 bits per heavy atom. The van der Waals surface area contributed by atoms with E-state index in [0.717, 1.165) is 56.0 Å². The van der Waals surface area contributed by atoms with E-state index in [0.29, 0.717) is 66.3 Å². The lowest BCUT2D eigenvalue weighted by Gasteiger charge is -2.41. The van der Waals surface area contributed by atoms with Gasteiger partial charge in [-0.1, -0.05) is 18.2 Å². The minimum atomic E-state index is 0.170. The molecule has 8 nitrogen and oxygen atoms in total. The number of methoxy groups -OCH3 is 1. The fourth-order valence-corrected chi connectivity index (χ4v) is 5.34. The summed E-state index contributed by atoms with van der Waals surface area (Å²) in [4.78, 5) is 25.0. The van der Waals surface area contributed by atoms with E-state index < -0.39 is 0 Å². The summed E-state index contributed by atoms with van der Waals surface area (Å²) in [5.74, 6) is 2.63. The second-order valence-electron chi connectivity index (χ2n) is 9.78. The monoisotopic (exact) mass is 487 g/mol. The normalized spacial score (nSPS) is 18.2. The van der Waals surface area contributed by atoms with Crippen molar-refractivity contribution in [2.24, 2.45) is 5.92 Å². The van der Waals surface area contributed by atoms with Gasteiger partial charge in [0.25, 0.3) is 0 Å². The van der Waals surface area contributed by atoms with Crippen LogP contribution >= 0.6 is 0 Å². The molecule has 2 saturated heterocycles. The summed E-state index contributed by atoms with van der Waals surface area (Å²) in [5.41, 5.74) is 3.92. The summed E-state index contributed by atoms with van der Waals surface area (Å²) >= 11 is 0. The highest BCUT2D eigenvalue weighted by Gasteiger charge is 2.30. The third-order valence-corrected chi connectivity index (χ3v) is 7.48. The highest BCUT2D eigenvalue weighted by Crippen LogP contribution is 2.33. The van der Waals surface area contributed by atoms with Crippen LogP contribution < -0.4 is 10.1 Å². The molecule has 3 heterocycles. The van der Waals surface area contributed by atoms with Crippen molar-refractivity contribution >= 4 is 17.2 Å². The molecule has 0 amide bonds. The number of carbonyl (C=O) groups is 1. The minimum Gasteiger partial charge on any atom is -0.496 e. The lowest BCUT2D eigenvalue weighted by Crippen LogP contribution is -2.51. The van der Waals surface area contributed by atoms with E-state index >= 15 is 0 Å². The molecule has 8 heteroatoms. The Morgan fingerprint density at radius 1 is 1.28 bits per heavy atom. The summed E-state index contributed by atoms with van der Waals surface area (Å²) in [6.45, 7) is 6.51. The SMILES string of the molecule is CCNc1nc(Cc2ccc(C(=O)CC3CCN(C4COC4)CC3)cc2OC)nc2c1C(C#N)=CC2. The van der Waals surface area contributed by atoms with E-state index in [1.54, 1.807) is 7.11 Å². The molecule has 2 aromatic rings. The van der Waals surface area contributed by atoms with Gasteiger partial charge < -0.3 is 14.8 Å². The molecule has 1 aromatic carbocycles. The van der Waals surface area contributed by atoms with Crippen molar-refractivity contribution in [2.75, 3.05) is 45.3 Å². The first-order chi connectivity index (χ1) is 17.6.